The summed E-state index contributed by atoms with van der Waals surface area (Å²) < 4.78 is 0. The summed E-state index contributed by atoms with van der Waals surface area (Å²) in [7, 11) is 0. The zero-order chi connectivity index (χ0) is 14.0. The van der Waals surface area contributed by atoms with Crippen molar-refractivity contribution in [1.82, 2.24) is 4.90 Å². The summed E-state index contributed by atoms with van der Waals surface area (Å²) in [6.07, 6.45) is 1.81. The van der Waals surface area contributed by atoms with E-state index in [9.17, 15) is 9.90 Å². The number of hydrogen-bond acceptors (Lipinski definition) is 3. The average molecular weight is 283 g/mol. The highest BCUT2D eigenvalue weighted by Gasteiger charge is 2.26. The number of amides is 1. The van der Waals surface area contributed by atoms with Crippen LogP contribution in [0.15, 0.2) is 18.2 Å². The molecule has 1 heterocycles. The highest BCUT2D eigenvalue weighted by Crippen LogP contribution is 2.26. The summed E-state index contributed by atoms with van der Waals surface area (Å²) in [5.74, 6) is 0.281. The molecule has 4 nitrogen and oxygen atoms in total. The van der Waals surface area contributed by atoms with E-state index in [-0.39, 0.29) is 23.3 Å². The lowest BCUT2D eigenvalue weighted by Gasteiger charge is -2.33. The molecule has 1 atom stereocenters. The van der Waals surface area contributed by atoms with Crippen molar-refractivity contribution in [3.8, 4) is 5.75 Å². The zero-order valence-electron chi connectivity index (χ0n) is 11.0. The summed E-state index contributed by atoms with van der Waals surface area (Å²) in [6, 6.07) is 4.69. The first-order chi connectivity index (χ1) is 8.99. The number of nitrogens with zero attached hydrogens (tertiary/aromatic N) is 1. The first-order valence-corrected chi connectivity index (χ1v) is 6.90. The second-order valence-electron chi connectivity index (χ2n) is 5.15. The first-order valence-electron chi connectivity index (χ1n) is 6.52. The molecule has 1 aromatic rings. The van der Waals surface area contributed by atoms with E-state index >= 15 is 0 Å². The molecule has 1 fully saturated rings. The molecular weight excluding hydrogens is 264 g/mol. The fourth-order valence-electron chi connectivity index (χ4n) is 2.48. The van der Waals surface area contributed by atoms with Crippen molar-refractivity contribution in [3.63, 3.8) is 0 Å². The predicted octanol–water partition coefficient (Wildman–Crippen LogP) is 2.25. The fourth-order valence-corrected chi connectivity index (χ4v) is 2.65. The normalized spacial score (nSPS) is 18.4. The van der Waals surface area contributed by atoms with Crippen LogP contribution in [-0.2, 0) is 0 Å². The predicted molar refractivity (Wildman–Crippen MR) is 75.4 cm³/mol. The lowest BCUT2D eigenvalue weighted by Crippen LogP contribution is -2.42. The number of phenols is 1. The molecular formula is C14H19ClN2O2. The Balaban J connectivity index is 2.07. The number of nitrogens with two attached hydrogens (primary N) is 1. The number of rotatable bonds is 2. The van der Waals surface area contributed by atoms with E-state index in [4.69, 9.17) is 17.3 Å². The van der Waals surface area contributed by atoms with Crippen molar-refractivity contribution in [1.29, 1.82) is 0 Å². The topological polar surface area (TPSA) is 66.6 Å². The number of hydrogen-bond donors (Lipinski definition) is 2. The second kappa shape index (κ2) is 5.80. The lowest BCUT2D eigenvalue weighted by atomic mass is 9.90. The molecule has 1 unspecified atom stereocenters. The fraction of sp³-hybridized carbons (Fsp3) is 0.500. The van der Waals surface area contributed by atoms with Crippen molar-refractivity contribution in [2.75, 3.05) is 13.1 Å². The van der Waals surface area contributed by atoms with E-state index in [1.165, 1.54) is 12.1 Å². The van der Waals surface area contributed by atoms with Crippen LogP contribution in [0.3, 0.4) is 0 Å². The molecule has 1 saturated heterocycles. The minimum Gasteiger partial charge on any atom is -0.507 e. The molecule has 1 aromatic carbocycles. The van der Waals surface area contributed by atoms with Gasteiger partial charge in [-0.1, -0.05) is 11.6 Å². The Morgan fingerprint density at radius 1 is 1.47 bits per heavy atom. The van der Waals surface area contributed by atoms with Crippen LogP contribution < -0.4 is 5.73 Å². The number of phenolic OH excluding ortho intramolecular Hbond substituents is 1. The molecule has 0 aliphatic carbocycles. The van der Waals surface area contributed by atoms with Crippen molar-refractivity contribution < 1.29 is 9.90 Å². The standard InChI is InChI=1S/C14H19ClN2O2/c1-9(16)10-4-6-17(7-5-10)14(19)12-8-11(15)2-3-13(12)18/h2-3,8-10,18H,4-7,16H2,1H3. The maximum Gasteiger partial charge on any atom is 0.257 e. The van der Waals surface area contributed by atoms with Gasteiger partial charge >= 0.3 is 0 Å². The van der Waals surface area contributed by atoms with E-state index < -0.39 is 0 Å². The molecule has 1 amide bonds. The summed E-state index contributed by atoms with van der Waals surface area (Å²) in [4.78, 5) is 14.1. The van der Waals surface area contributed by atoms with E-state index in [1.807, 2.05) is 6.92 Å². The third-order valence-corrected chi connectivity index (χ3v) is 3.99. The summed E-state index contributed by atoms with van der Waals surface area (Å²) in [5, 5.41) is 10.2. The van der Waals surface area contributed by atoms with Crippen LogP contribution in [0.4, 0.5) is 0 Å². The Kier molecular flexibility index (Phi) is 4.32. The highest BCUT2D eigenvalue weighted by molar-refractivity contribution is 6.31. The lowest BCUT2D eigenvalue weighted by molar-refractivity contribution is 0.0678. The van der Waals surface area contributed by atoms with Gasteiger partial charge in [-0.25, -0.2) is 0 Å². The maximum absolute atomic E-state index is 12.3. The number of carbonyl (C=O) groups excluding carboxylic acids is 1. The van der Waals surface area contributed by atoms with E-state index in [0.29, 0.717) is 24.0 Å². The van der Waals surface area contributed by atoms with Crippen molar-refractivity contribution in [2.24, 2.45) is 11.7 Å². The zero-order valence-corrected chi connectivity index (χ0v) is 11.7. The quantitative estimate of drug-likeness (QED) is 0.874. The SMILES string of the molecule is CC(N)C1CCN(C(=O)c2cc(Cl)ccc2O)CC1. The molecule has 0 aromatic heterocycles. The Bertz CT molecular complexity index is 469. The van der Waals surface area contributed by atoms with Crippen molar-refractivity contribution in [2.45, 2.75) is 25.8 Å². The molecule has 1 aliphatic heterocycles. The monoisotopic (exact) mass is 282 g/mol. The Labute approximate surface area is 118 Å². The number of piperidine rings is 1. The third kappa shape index (κ3) is 3.19. The molecule has 0 saturated carbocycles. The molecule has 19 heavy (non-hydrogen) atoms. The molecule has 0 radical (unpaired) electrons. The Morgan fingerprint density at radius 2 is 2.11 bits per heavy atom. The van der Waals surface area contributed by atoms with Gasteiger partial charge in [0.25, 0.3) is 5.91 Å². The van der Waals surface area contributed by atoms with Gasteiger partial charge in [-0.2, -0.15) is 0 Å². The second-order valence-corrected chi connectivity index (χ2v) is 5.59. The number of benzene rings is 1. The van der Waals surface area contributed by atoms with Crippen LogP contribution in [0, 0.1) is 5.92 Å². The molecule has 2 rings (SSSR count). The number of halogens is 1. The van der Waals surface area contributed by atoms with Gasteiger partial charge in [0.15, 0.2) is 0 Å². The Hall–Kier alpha value is -1.26. The van der Waals surface area contributed by atoms with E-state index in [1.54, 1.807) is 11.0 Å². The van der Waals surface area contributed by atoms with Gasteiger partial charge in [-0.05, 0) is 43.9 Å². The number of aromatic hydroxyl groups is 1. The van der Waals surface area contributed by atoms with Crippen LogP contribution in [0.5, 0.6) is 5.75 Å². The summed E-state index contributed by atoms with van der Waals surface area (Å²) >= 11 is 5.87. The smallest absolute Gasteiger partial charge is 0.257 e. The summed E-state index contributed by atoms with van der Waals surface area (Å²) in [5.41, 5.74) is 6.15. The van der Waals surface area contributed by atoms with Gasteiger partial charge in [0, 0.05) is 24.2 Å². The molecule has 0 spiro atoms. The van der Waals surface area contributed by atoms with Gasteiger partial charge in [-0.3, -0.25) is 4.79 Å². The third-order valence-electron chi connectivity index (χ3n) is 3.76. The van der Waals surface area contributed by atoms with E-state index in [0.717, 1.165) is 12.8 Å². The van der Waals surface area contributed by atoms with Crippen LogP contribution >= 0.6 is 11.6 Å². The van der Waals surface area contributed by atoms with Crippen LogP contribution in [0.2, 0.25) is 5.02 Å². The maximum atomic E-state index is 12.3. The van der Waals surface area contributed by atoms with E-state index in [2.05, 4.69) is 0 Å². The van der Waals surface area contributed by atoms with Gasteiger partial charge in [0.1, 0.15) is 5.75 Å². The Morgan fingerprint density at radius 3 is 2.68 bits per heavy atom. The molecule has 104 valence electrons. The molecule has 0 bridgehead atoms. The minimum absolute atomic E-state index is 0.0243. The summed E-state index contributed by atoms with van der Waals surface area (Å²) in [6.45, 7) is 3.36. The van der Waals surface area contributed by atoms with Crippen molar-refractivity contribution in [3.05, 3.63) is 28.8 Å². The van der Waals surface area contributed by atoms with Crippen LogP contribution in [0.25, 0.3) is 0 Å². The van der Waals surface area contributed by atoms with Crippen LogP contribution in [-0.4, -0.2) is 35.0 Å². The van der Waals surface area contributed by atoms with Gasteiger partial charge in [0.05, 0.1) is 5.56 Å². The van der Waals surface area contributed by atoms with Crippen molar-refractivity contribution >= 4 is 17.5 Å². The van der Waals surface area contributed by atoms with Gasteiger partial charge in [-0.15, -0.1) is 0 Å². The number of carbonyl (C=O) groups is 1. The number of likely N-dealkylation sites (tertiary alicyclic amines) is 1. The molecule has 5 heteroatoms. The van der Waals surface area contributed by atoms with Gasteiger partial charge < -0.3 is 15.7 Å². The first kappa shape index (κ1) is 14.2. The van der Waals surface area contributed by atoms with Crippen LogP contribution in [0.1, 0.15) is 30.1 Å². The largest absolute Gasteiger partial charge is 0.507 e. The average Bonchev–Trinajstić information content (AvgIpc) is 2.41. The van der Waals surface area contributed by atoms with Gasteiger partial charge in [0.2, 0.25) is 0 Å². The highest BCUT2D eigenvalue weighted by atomic mass is 35.5. The minimum atomic E-state index is -0.164. The molecule has 1 aliphatic rings. The molecule has 3 N–H and O–H groups in total.